The standard InChI is InChI=1S/C13H17ClO3/c1-8-3-11(8)13-9(6-15)4-10(5-12(13)14)17-7-16-2/h4-5,8,11,15H,3,6-7H2,1-2H3/t8-,11-/m0/s1. The van der Waals surface area contributed by atoms with Gasteiger partial charge in [-0.25, -0.2) is 0 Å². The fraction of sp³-hybridized carbons (Fsp3) is 0.538. The first-order valence-corrected chi connectivity index (χ1v) is 6.10. The Balaban J connectivity index is 2.27. The Morgan fingerprint density at radius 2 is 2.18 bits per heavy atom. The van der Waals surface area contributed by atoms with Crippen LogP contribution in [-0.2, 0) is 11.3 Å². The van der Waals surface area contributed by atoms with Gasteiger partial charge in [0.2, 0.25) is 0 Å². The summed E-state index contributed by atoms with van der Waals surface area (Å²) in [6.45, 7) is 2.36. The molecule has 3 nitrogen and oxygen atoms in total. The molecule has 0 saturated heterocycles. The lowest BCUT2D eigenvalue weighted by molar-refractivity contribution is 0.0510. The molecule has 0 aliphatic heterocycles. The van der Waals surface area contributed by atoms with Crippen molar-refractivity contribution in [1.29, 1.82) is 0 Å². The second kappa shape index (κ2) is 5.25. The number of aliphatic hydroxyl groups excluding tert-OH is 1. The molecular weight excluding hydrogens is 240 g/mol. The van der Waals surface area contributed by atoms with Crippen molar-refractivity contribution in [1.82, 2.24) is 0 Å². The van der Waals surface area contributed by atoms with Crippen molar-refractivity contribution in [3.05, 3.63) is 28.3 Å². The molecule has 1 aliphatic rings. The molecule has 0 aromatic heterocycles. The SMILES string of the molecule is COCOc1cc(Cl)c([C@H]2C[C@@H]2C)c(CO)c1. The van der Waals surface area contributed by atoms with Crippen molar-refractivity contribution >= 4 is 11.6 Å². The third-order valence-corrected chi connectivity index (χ3v) is 3.50. The lowest BCUT2D eigenvalue weighted by atomic mass is 10.0. The summed E-state index contributed by atoms with van der Waals surface area (Å²) in [5.41, 5.74) is 1.93. The zero-order chi connectivity index (χ0) is 12.4. The van der Waals surface area contributed by atoms with E-state index in [1.807, 2.05) is 6.07 Å². The van der Waals surface area contributed by atoms with Crippen LogP contribution in [0.4, 0.5) is 0 Å². The predicted octanol–water partition coefficient (Wildman–Crippen LogP) is 2.94. The number of aliphatic hydroxyl groups is 1. The van der Waals surface area contributed by atoms with Gasteiger partial charge in [-0.05, 0) is 41.5 Å². The molecule has 0 bridgehead atoms. The highest BCUT2D eigenvalue weighted by molar-refractivity contribution is 6.31. The van der Waals surface area contributed by atoms with Gasteiger partial charge in [0.15, 0.2) is 6.79 Å². The topological polar surface area (TPSA) is 38.7 Å². The van der Waals surface area contributed by atoms with Crippen LogP contribution in [0.15, 0.2) is 12.1 Å². The number of rotatable bonds is 5. The smallest absolute Gasteiger partial charge is 0.188 e. The molecule has 0 spiro atoms. The number of halogens is 1. The Morgan fingerprint density at radius 1 is 1.47 bits per heavy atom. The van der Waals surface area contributed by atoms with Gasteiger partial charge in [0, 0.05) is 12.1 Å². The van der Waals surface area contributed by atoms with Crippen LogP contribution < -0.4 is 4.74 Å². The summed E-state index contributed by atoms with van der Waals surface area (Å²) in [4.78, 5) is 0. The third kappa shape index (κ3) is 2.73. The van der Waals surface area contributed by atoms with Crippen molar-refractivity contribution < 1.29 is 14.6 Å². The second-order valence-electron chi connectivity index (χ2n) is 4.51. The molecule has 0 amide bonds. The van der Waals surface area contributed by atoms with Crippen LogP contribution in [-0.4, -0.2) is 19.0 Å². The molecule has 0 radical (unpaired) electrons. The molecule has 0 unspecified atom stereocenters. The molecule has 1 saturated carbocycles. The highest BCUT2D eigenvalue weighted by Gasteiger charge is 2.37. The summed E-state index contributed by atoms with van der Waals surface area (Å²) >= 11 is 6.26. The molecule has 4 heteroatoms. The first kappa shape index (κ1) is 12.7. The van der Waals surface area contributed by atoms with Crippen molar-refractivity contribution in [3.8, 4) is 5.75 Å². The molecular formula is C13H17ClO3. The molecule has 2 rings (SSSR count). The number of ether oxygens (including phenoxy) is 2. The first-order chi connectivity index (χ1) is 8.17. The zero-order valence-electron chi connectivity index (χ0n) is 10.1. The minimum Gasteiger partial charge on any atom is -0.468 e. The van der Waals surface area contributed by atoms with Gasteiger partial charge in [0.05, 0.1) is 6.61 Å². The molecule has 17 heavy (non-hydrogen) atoms. The van der Waals surface area contributed by atoms with Crippen molar-refractivity contribution in [2.24, 2.45) is 5.92 Å². The quantitative estimate of drug-likeness (QED) is 0.824. The Morgan fingerprint density at radius 3 is 2.71 bits per heavy atom. The van der Waals surface area contributed by atoms with Crippen molar-refractivity contribution in [3.63, 3.8) is 0 Å². The van der Waals surface area contributed by atoms with E-state index in [0.717, 1.165) is 17.5 Å². The average Bonchev–Trinajstić information content (AvgIpc) is 3.02. The lowest BCUT2D eigenvalue weighted by Gasteiger charge is -2.13. The van der Waals surface area contributed by atoms with E-state index < -0.39 is 0 Å². The van der Waals surface area contributed by atoms with Crippen LogP contribution in [0.3, 0.4) is 0 Å². The minimum atomic E-state index is -0.0115. The van der Waals surface area contributed by atoms with Crippen LogP contribution in [0.25, 0.3) is 0 Å². The highest BCUT2D eigenvalue weighted by Crippen LogP contribution is 2.51. The van der Waals surface area contributed by atoms with Gasteiger partial charge in [0.25, 0.3) is 0 Å². The maximum Gasteiger partial charge on any atom is 0.188 e. The molecule has 1 N–H and O–H groups in total. The van der Waals surface area contributed by atoms with E-state index in [1.165, 1.54) is 0 Å². The second-order valence-corrected chi connectivity index (χ2v) is 4.91. The summed E-state index contributed by atoms with van der Waals surface area (Å²) in [5.74, 6) is 1.78. The highest BCUT2D eigenvalue weighted by atomic mass is 35.5. The molecule has 1 aromatic carbocycles. The Bertz CT molecular complexity index is 406. The predicted molar refractivity (Wildman–Crippen MR) is 66.4 cm³/mol. The van der Waals surface area contributed by atoms with E-state index >= 15 is 0 Å². The summed E-state index contributed by atoms with van der Waals surface area (Å²) in [6.07, 6.45) is 1.14. The van der Waals surface area contributed by atoms with Gasteiger partial charge >= 0.3 is 0 Å². The summed E-state index contributed by atoms with van der Waals surface area (Å²) in [7, 11) is 1.56. The van der Waals surface area contributed by atoms with Crippen molar-refractivity contribution in [2.45, 2.75) is 25.9 Å². The normalized spacial score (nSPS) is 22.6. The molecule has 94 valence electrons. The van der Waals surface area contributed by atoms with Crippen LogP contribution in [0, 0.1) is 5.92 Å². The molecule has 2 atom stereocenters. The fourth-order valence-electron chi connectivity index (χ4n) is 2.13. The van der Waals surface area contributed by atoms with Gasteiger partial charge in [-0.2, -0.15) is 0 Å². The van der Waals surface area contributed by atoms with E-state index in [2.05, 4.69) is 6.92 Å². The number of benzene rings is 1. The van der Waals surface area contributed by atoms with Crippen LogP contribution in [0.5, 0.6) is 5.75 Å². The maximum absolute atomic E-state index is 9.41. The molecule has 0 heterocycles. The van der Waals surface area contributed by atoms with E-state index in [-0.39, 0.29) is 13.4 Å². The zero-order valence-corrected chi connectivity index (χ0v) is 10.8. The molecule has 1 aliphatic carbocycles. The van der Waals surface area contributed by atoms with Gasteiger partial charge in [0.1, 0.15) is 5.75 Å². The van der Waals surface area contributed by atoms with E-state index in [0.29, 0.717) is 22.6 Å². The van der Waals surface area contributed by atoms with Gasteiger partial charge < -0.3 is 14.6 Å². The number of methoxy groups -OCH3 is 1. The maximum atomic E-state index is 9.41. The van der Waals surface area contributed by atoms with E-state index in [9.17, 15) is 5.11 Å². The largest absolute Gasteiger partial charge is 0.468 e. The Labute approximate surface area is 106 Å². The summed E-state index contributed by atoms with van der Waals surface area (Å²) in [6, 6.07) is 3.63. The average molecular weight is 257 g/mol. The monoisotopic (exact) mass is 256 g/mol. The summed E-state index contributed by atoms with van der Waals surface area (Å²) < 4.78 is 10.2. The van der Waals surface area contributed by atoms with E-state index in [4.69, 9.17) is 21.1 Å². The van der Waals surface area contributed by atoms with Crippen molar-refractivity contribution in [2.75, 3.05) is 13.9 Å². The molecule has 1 fully saturated rings. The van der Waals surface area contributed by atoms with Gasteiger partial charge in [-0.3, -0.25) is 0 Å². The Hall–Kier alpha value is -0.770. The lowest BCUT2D eigenvalue weighted by Crippen LogP contribution is -2.01. The van der Waals surface area contributed by atoms with Gasteiger partial charge in [-0.1, -0.05) is 18.5 Å². The van der Waals surface area contributed by atoms with E-state index in [1.54, 1.807) is 13.2 Å². The number of hydrogen-bond acceptors (Lipinski definition) is 3. The Kier molecular flexibility index (Phi) is 3.92. The molecule has 1 aromatic rings. The van der Waals surface area contributed by atoms with Crippen LogP contribution >= 0.6 is 11.6 Å². The van der Waals surface area contributed by atoms with Crippen LogP contribution in [0.2, 0.25) is 5.02 Å². The summed E-state index contributed by atoms with van der Waals surface area (Å²) in [5, 5.41) is 10.1. The van der Waals surface area contributed by atoms with Gasteiger partial charge in [-0.15, -0.1) is 0 Å². The first-order valence-electron chi connectivity index (χ1n) is 5.72. The minimum absolute atomic E-state index is 0.0115. The third-order valence-electron chi connectivity index (χ3n) is 3.18. The van der Waals surface area contributed by atoms with Crippen LogP contribution in [0.1, 0.15) is 30.4 Å². The number of hydrogen-bond donors (Lipinski definition) is 1. The fourth-order valence-corrected chi connectivity index (χ4v) is 2.50.